The largest absolute Gasteiger partial charge is 0.496 e. The van der Waals surface area contributed by atoms with Crippen molar-refractivity contribution >= 4 is 11.8 Å². The van der Waals surface area contributed by atoms with Gasteiger partial charge in [0.25, 0.3) is 5.82 Å². The second kappa shape index (κ2) is 6.63. The fourth-order valence-electron chi connectivity index (χ4n) is 1.95. The molecule has 0 amide bonds. The van der Waals surface area contributed by atoms with Crippen molar-refractivity contribution in [2.75, 3.05) is 13.0 Å². The zero-order valence-corrected chi connectivity index (χ0v) is 13.5. The summed E-state index contributed by atoms with van der Waals surface area (Å²) in [6, 6.07) is 7.09. The predicted molar refractivity (Wildman–Crippen MR) is 81.0 cm³/mol. The monoisotopic (exact) mass is 372 g/mol. The Labute approximate surface area is 143 Å². The third kappa shape index (κ3) is 3.52. The molecule has 25 heavy (non-hydrogen) atoms. The maximum Gasteiger partial charge on any atom is 0.453 e. The lowest BCUT2D eigenvalue weighted by Gasteiger charge is -2.05. The van der Waals surface area contributed by atoms with Crippen LogP contribution in [0.25, 0.3) is 11.4 Å². The van der Waals surface area contributed by atoms with Gasteiger partial charge in [-0.2, -0.15) is 18.2 Å². The fraction of sp³-hybridized carbons (Fsp3) is 0.231. The van der Waals surface area contributed by atoms with Crippen LogP contribution in [0.3, 0.4) is 0 Å². The molecule has 0 aliphatic carbocycles. The van der Waals surface area contributed by atoms with Crippen molar-refractivity contribution in [2.45, 2.75) is 17.1 Å². The number of thioether (sulfide) groups is 1. The Bertz CT molecular complexity index is 879. The van der Waals surface area contributed by atoms with Crippen molar-refractivity contribution in [1.29, 1.82) is 0 Å². The third-order valence-electron chi connectivity index (χ3n) is 3.06. The van der Waals surface area contributed by atoms with E-state index in [2.05, 4.69) is 20.3 Å². The summed E-state index contributed by atoms with van der Waals surface area (Å²) in [5.41, 5.74) is 0.631. The van der Waals surface area contributed by atoms with E-state index in [4.69, 9.17) is 15.1 Å². The van der Waals surface area contributed by atoms with Crippen LogP contribution in [-0.2, 0) is 11.9 Å². The van der Waals surface area contributed by atoms with Gasteiger partial charge in [-0.3, -0.25) is 0 Å². The first kappa shape index (κ1) is 17.1. The highest BCUT2D eigenvalue weighted by Crippen LogP contribution is 2.31. The summed E-state index contributed by atoms with van der Waals surface area (Å²) in [5.74, 6) is 5.22. The van der Waals surface area contributed by atoms with E-state index in [9.17, 15) is 13.2 Å². The minimum atomic E-state index is -4.68. The number of rotatable bonds is 5. The number of nitrogen functional groups attached to an aromatic ring is 1. The zero-order valence-electron chi connectivity index (χ0n) is 12.7. The first-order valence-electron chi connectivity index (χ1n) is 6.76. The molecule has 0 fully saturated rings. The Hall–Kier alpha value is -2.76. The number of benzene rings is 1. The number of halogens is 3. The van der Waals surface area contributed by atoms with E-state index < -0.39 is 12.0 Å². The third-order valence-corrected chi connectivity index (χ3v) is 3.99. The molecule has 3 rings (SSSR count). The van der Waals surface area contributed by atoms with Crippen molar-refractivity contribution in [3.8, 4) is 17.1 Å². The smallest absolute Gasteiger partial charge is 0.453 e. The first-order valence-corrected chi connectivity index (χ1v) is 7.75. The van der Waals surface area contributed by atoms with E-state index in [0.29, 0.717) is 21.8 Å². The van der Waals surface area contributed by atoms with Gasteiger partial charge in [-0.25, -0.2) is 4.68 Å². The average molecular weight is 372 g/mol. The summed E-state index contributed by atoms with van der Waals surface area (Å²) >= 11 is 0.892. The highest BCUT2D eigenvalue weighted by Gasteiger charge is 2.38. The van der Waals surface area contributed by atoms with E-state index in [1.54, 1.807) is 24.3 Å². The van der Waals surface area contributed by atoms with Gasteiger partial charge in [-0.15, -0.1) is 10.2 Å². The van der Waals surface area contributed by atoms with Crippen LogP contribution in [0.4, 0.5) is 13.2 Å². The SMILES string of the molecule is COc1ccccc1-c1noc(CSc2nnc(C(F)(F)F)n2N)n1. The van der Waals surface area contributed by atoms with Crippen LogP contribution in [-0.4, -0.2) is 32.1 Å². The average Bonchev–Trinajstić information content (AvgIpc) is 3.19. The van der Waals surface area contributed by atoms with Gasteiger partial charge < -0.3 is 15.1 Å². The van der Waals surface area contributed by atoms with Gasteiger partial charge in [-0.1, -0.05) is 29.1 Å². The molecule has 0 saturated carbocycles. The number of hydrogen-bond donors (Lipinski definition) is 1. The summed E-state index contributed by atoms with van der Waals surface area (Å²) in [4.78, 5) is 4.19. The molecular weight excluding hydrogens is 361 g/mol. The fourth-order valence-corrected chi connectivity index (χ4v) is 2.64. The van der Waals surface area contributed by atoms with Crippen molar-refractivity contribution in [2.24, 2.45) is 0 Å². The van der Waals surface area contributed by atoms with E-state index in [-0.39, 0.29) is 16.8 Å². The van der Waals surface area contributed by atoms with Crippen LogP contribution in [0, 0.1) is 0 Å². The lowest BCUT2D eigenvalue weighted by Crippen LogP contribution is -2.21. The van der Waals surface area contributed by atoms with Crippen LogP contribution < -0.4 is 10.6 Å². The number of para-hydroxylation sites is 1. The van der Waals surface area contributed by atoms with Crippen molar-refractivity contribution in [3.63, 3.8) is 0 Å². The van der Waals surface area contributed by atoms with Crippen molar-refractivity contribution in [1.82, 2.24) is 25.0 Å². The molecule has 0 radical (unpaired) electrons. The number of hydrogen-bond acceptors (Lipinski definition) is 8. The topological polar surface area (TPSA) is 105 Å². The Morgan fingerprint density at radius 3 is 2.72 bits per heavy atom. The van der Waals surface area contributed by atoms with Gasteiger partial charge in [0.15, 0.2) is 0 Å². The van der Waals surface area contributed by atoms with Crippen LogP contribution in [0.15, 0.2) is 33.9 Å². The quantitative estimate of drug-likeness (QED) is 0.538. The molecule has 0 saturated heterocycles. The Morgan fingerprint density at radius 1 is 1.28 bits per heavy atom. The molecule has 12 heteroatoms. The Morgan fingerprint density at radius 2 is 2.04 bits per heavy atom. The first-order chi connectivity index (χ1) is 11.9. The Balaban J connectivity index is 1.74. The molecule has 2 N–H and O–H groups in total. The van der Waals surface area contributed by atoms with Gasteiger partial charge in [0.1, 0.15) is 5.75 Å². The molecule has 0 unspecified atom stereocenters. The standard InChI is InChI=1S/C13H11F3N6O2S/c1-23-8-5-3-2-4-7(8)10-18-9(24-21-10)6-25-12-20-19-11(22(12)17)13(14,15)16/h2-5H,6,17H2,1H3. The molecule has 2 aromatic heterocycles. The van der Waals surface area contributed by atoms with Gasteiger partial charge in [-0.05, 0) is 12.1 Å². The van der Waals surface area contributed by atoms with Gasteiger partial charge >= 0.3 is 6.18 Å². The van der Waals surface area contributed by atoms with Gasteiger partial charge in [0.05, 0.1) is 18.4 Å². The summed E-state index contributed by atoms with van der Waals surface area (Å²) in [6.07, 6.45) is -4.68. The van der Waals surface area contributed by atoms with E-state index in [1.807, 2.05) is 0 Å². The van der Waals surface area contributed by atoms with Crippen LogP contribution in [0.1, 0.15) is 11.7 Å². The maximum absolute atomic E-state index is 12.6. The van der Waals surface area contributed by atoms with Crippen LogP contribution >= 0.6 is 11.8 Å². The molecule has 0 bridgehead atoms. The van der Waals surface area contributed by atoms with Crippen LogP contribution in [0.2, 0.25) is 0 Å². The minimum absolute atomic E-state index is 0.0787. The van der Waals surface area contributed by atoms with E-state index in [1.165, 1.54) is 7.11 Å². The number of alkyl halides is 3. The number of ether oxygens (including phenoxy) is 1. The second-order valence-corrected chi connectivity index (χ2v) is 5.62. The van der Waals surface area contributed by atoms with Crippen LogP contribution in [0.5, 0.6) is 5.75 Å². The lowest BCUT2D eigenvalue weighted by molar-refractivity contribution is -0.146. The molecule has 132 valence electrons. The number of nitrogens with two attached hydrogens (primary N) is 1. The molecule has 0 spiro atoms. The minimum Gasteiger partial charge on any atom is -0.496 e. The highest BCUT2D eigenvalue weighted by atomic mass is 32.2. The normalized spacial score (nSPS) is 11.7. The van der Waals surface area contributed by atoms with E-state index >= 15 is 0 Å². The Kier molecular flexibility index (Phi) is 4.53. The predicted octanol–water partition coefficient (Wildman–Crippen LogP) is 2.36. The van der Waals surface area contributed by atoms with E-state index in [0.717, 1.165) is 11.8 Å². The molecule has 3 aromatic rings. The van der Waals surface area contributed by atoms with Crippen molar-refractivity contribution < 1.29 is 22.4 Å². The highest BCUT2D eigenvalue weighted by molar-refractivity contribution is 7.98. The summed E-state index contributed by atoms with van der Waals surface area (Å²) in [5, 5.41) is 10.2. The molecule has 1 aromatic carbocycles. The molecular formula is C13H11F3N6O2S. The number of methoxy groups -OCH3 is 1. The summed E-state index contributed by atoms with van der Waals surface area (Å²) in [7, 11) is 1.52. The molecule has 0 atom stereocenters. The number of nitrogens with zero attached hydrogens (tertiary/aromatic N) is 5. The summed E-state index contributed by atoms with van der Waals surface area (Å²) in [6.45, 7) is 0. The molecule has 0 aliphatic heterocycles. The second-order valence-electron chi connectivity index (χ2n) is 4.67. The van der Waals surface area contributed by atoms with Gasteiger partial charge in [0.2, 0.25) is 16.9 Å². The molecule has 2 heterocycles. The molecule has 8 nitrogen and oxygen atoms in total. The van der Waals surface area contributed by atoms with Crippen molar-refractivity contribution in [3.05, 3.63) is 36.0 Å². The zero-order chi connectivity index (χ0) is 18.0. The lowest BCUT2D eigenvalue weighted by atomic mass is 10.2. The maximum atomic E-state index is 12.6. The summed E-state index contributed by atoms with van der Waals surface area (Å²) < 4.78 is 48.6. The number of aromatic nitrogens is 5. The molecule has 0 aliphatic rings. The van der Waals surface area contributed by atoms with Gasteiger partial charge in [0, 0.05) is 0 Å².